The number of carbonyl (C=O) groups is 3. The fourth-order valence-electron chi connectivity index (χ4n) is 5.24. The largest absolute Gasteiger partial charge is 0.445 e. The predicted octanol–water partition coefficient (Wildman–Crippen LogP) is 4.81. The molecule has 3 aromatic rings. The van der Waals surface area contributed by atoms with E-state index in [4.69, 9.17) is 4.74 Å². The van der Waals surface area contributed by atoms with E-state index in [1.165, 1.54) is 16.7 Å². The number of aliphatic hydroxyl groups is 1. The van der Waals surface area contributed by atoms with Crippen molar-refractivity contribution in [3.63, 3.8) is 0 Å². The summed E-state index contributed by atoms with van der Waals surface area (Å²) in [4.78, 5) is 41.7. The molecule has 1 saturated heterocycles. The molecule has 3 atom stereocenters. The lowest BCUT2D eigenvalue weighted by Crippen LogP contribution is -2.58. The van der Waals surface area contributed by atoms with Gasteiger partial charge in [0.1, 0.15) is 12.6 Å². The molecule has 3 aromatic carbocycles. The van der Waals surface area contributed by atoms with E-state index in [-0.39, 0.29) is 24.8 Å². The van der Waals surface area contributed by atoms with E-state index >= 15 is 0 Å². The molecule has 1 heterocycles. The summed E-state index contributed by atoms with van der Waals surface area (Å²) in [5.41, 5.74) is 5.81. The van der Waals surface area contributed by atoms with Crippen LogP contribution in [0.25, 0.3) is 0 Å². The number of hydrogen-bond acceptors (Lipinski definition) is 6. The van der Waals surface area contributed by atoms with Gasteiger partial charge in [0.05, 0.1) is 11.9 Å². The first kappa shape index (κ1) is 32.1. The number of nitrogens with one attached hydrogen (secondary N) is 2. The highest BCUT2D eigenvalue weighted by Crippen LogP contribution is 2.40. The van der Waals surface area contributed by atoms with Crippen LogP contribution >= 0.6 is 11.8 Å². The fourth-order valence-corrected chi connectivity index (χ4v) is 6.38. The number of carbonyl (C=O) groups excluding carboxylic acids is 3. The number of amides is 3. The molecular formula is C34H41N3O5S. The Kier molecular flexibility index (Phi) is 10.5. The Hall–Kier alpha value is -3.82. The van der Waals surface area contributed by atoms with Crippen LogP contribution in [0.15, 0.2) is 72.8 Å². The Labute approximate surface area is 258 Å². The van der Waals surface area contributed by atoms with E-state index in [0.717, 1.165) is 33.4 Å². The molecule has 0 aliphatic carbocycles. The monoisotopic (exact) mass is 603 g/mol. The zero-order chi connectivity index (χ0) is 31.1. The number of hydrogen-bond donors (Lipinski definition) is 3. The molecule has 228 valence electrons. The maximum atomic E-state index is 13.8. The van der Waals surface area contributed by atoms with Crippen molar-refractivity contribution in [1.82, 2.24) is 15.5 Å². The minimum atomic E-state index is -1.60. The van der Waals surface area contributed by atoms with Gasteiger partial charge in [0.2, 0.25) is 5.91 Å². The van der Waals surface area contributed by atoms with Gasteiger partial charge in [-0.2, -0.15) is 0 Å². The van der Waals surface area contributed by atoms with Crippen molar-refractivity contribution in [3.8, 4) is 0 Å². The predicted molar refractivity (Wildman–Crippen MR) is 169 cm³/mol. The zero-order valence-corrected chi connectivity index (χ0v) is 26.2. The van der Waals surface area contributed by atoms with E-state index in [1.807, 2.05) is 107 Å². The second-order valence-electron chi connectivity index (χ2n) is 11.6. The van der Waals surface area contributed by atoms with E-state index in [9.17, 15) is 19.5 Å². The number of ether oxygens (including phenoxy) is 1. The van der Waals surface area contributed by atoms with Crippen LogP contribution < -0.4 is 10.6 Å². The Bertz CT molecular complexity index is 1440. The van der Waals surface area contributed by atoms with Crippen LogP contribution in [0, 0.1) is 20.8 Å². The molecule has 3 amide bonds. The lowest BCUT2D eigenvalue weighted by Gasteiger charge is -2.33. The number of aliphatic hydroxyl groups excluding tert-OH is 1. The van der Waals surface area contributed by atoms with Crippen LogP contribution in [0.2, 0.25) is 0 Å². The van der Waals surface area contributed by atoms with Crippen molar-refractivity contribution in [3.05, 3.63) is 106 Å². The average Bonchev–Trinajstić information content (AvgIpc) is 3.31. The summed E-state index contributed by atoms with van der Waals surface area (Å²) in [5.74, 6) is -0.676. The second kappa shape index (κ2) is 14.1. The van der Waals surface area contributed by atoms with Crippen LogP contribution in [0.3, 0.4) is 0 Å². The lowest BCUT2D eigenvalue weighted by molar-refractivity contribution is -0.147. The summed E-state index contributed by atoms with van der Waals surface area (Å²) in [7, 11) is 0. The number of thioether (sulfide) groups is 1. The molecular weight excluding hydrogens is 562 g/mol. The van der Waals surface area contributed by atoms with Gasteiger partial charge in [-0.05, 0) is 68.9 Å². The highest BCUT2D eigenvalue weighted by Gasteiger charge is 2.49. The van der Waals surface area contributed by atoms with Crippen molar-refractivity contribution in [2.45, 2.75) is 77.1 Å². The Balaban J connectivity index is 1.49. The Morgan fingerprint density at radius 1 is 0.977 bits per heavy atom. The maximum absolute atomic E-state index is 13.8. The maximum Gasteiger partial charge on any atom is 0.407 e. The zero-order valence-electron chi connectivity index (χ0n) is 25.4. The van der Waals surface area contributed by atoms with E-state index in [0.29, 0.717) is 6.54 Å². The van der Waals surface area contributed by atoms with E-state index < -0.39 is 34.9 Å². The number of nitrogens with zero attached hydrogens (tertiary/aromatic N) is 1. The Morgan fingerprint density at radius 2 is 1.65 bits per heavy atom. The summed E-state index contributed by atoms with van der Waals surface area (Å²) < 4.78 is 4.92. The molecule has 4 rings (SSSR count). The van der Waals surface area contributed by atoms with Gasteiger partial charge < -0.3 is 25.4 Å². The molecule has 1 aliphatic rings. The van der Waals surface area contributed by atoms with Crippen LogP contribution in [0.4, 0.5) is 4.79 Å². The summed E-state index contributed by atoms with van der Waals surface area (Å²) in [5, 5.41) is 17.1. The van der Waals surface area contributed by atoms with E-state index in [1.54, 1.807) is 0 Å². The molecule has 0 bridgehead atoms. The standard InChI is InChI=1S/C34H41N3O5S/c1-22-15-16-24(3)27(17-22)20-42-33(41)36-28(18-25-12-7-6-8-13-25)29(38)32(40)37-21-43-34(4,5)30(37)31(39)35-19-26-14-10-9-11-23(26)2/h6-17,28-30,38H,18-21H2,1-5H3,(H,35,39)(H,36,41). The molecule has 3 N–H and O–H groups in total. The van der Waals surface area contributed by atoms with Crippen molar-refractivity contribution >= 4 is 29.7 Å². The topological polar surface area (TPSA) is 108 Å². The molecule has 0 aromatic heterocycles. The third-order valence-corrected chi connectivity index (χ3v) is 9.27. The van der Waals surface area contributed by atoms with Gasteiger partial charge in [-0.25, -0.2) is 4.79 Å². The van der Waals surface area contributed by atoms with E-state index in [2.05, 4.69) is 10.6 Å². The van der Waals surface area contributed by atoms with Gasteiger partial charge in [0.25, 0.3) is 5.91 Å². The molecule has 9 heteroatoms. The van der Waals surface area contributed by atoms with Crippen LogP contribution in [-0.4, -0.2) is 56.7 Å². The van der Waals surface area contributed by atoms with Crippen LogP contribution in [0.5, 0.6) is 0 Å². The van der Waals surface area contributed by atoms with Crippen molar-refractivity contribution in [2.24, 2.45) is 0 Å². The van der Waals surface area contributed by atoms with Crippen molar-refractivity contribution < 1.29 is 24.2 Å². The molecule has 0 radical (unpaired) electrons. The van der Waals surface area contributed by atoms with Gasteiger partial charge >= 0.3 is 6.09 Å². The first-order chi connectivity index (χ1) is 20.5. The third-order valence-electron chi connectivity index (χ3n) is 7.89. The summed E-state index contributed by atoms with van der Waals surface area (Å²) >= 11 is 1.47. The van der Waals surface area contributed by atoms with Crippen LogP contribution in [0.1, 0.15) is 47.2 Å². The highest BCUT2D eigenvalue weighted by molar-refractivity contribution is 8.00. The van der Waals surface area contributed by atoms with Gasteiger partial charge in [-0.1, -0.05) is 78.4 Å². The minimum Gasteiger partial charge on any atom is -0.445 e. The molecule has 1 aliphatic heterocycles. The molecule has 8 nitrogen and oxygen atoms in total. The second-order valence-corrected chi connectivity index (χ2v) is 13.2. The minimum absolute atomic E-state index is 0.0571. The average molecular weight is 604 g/mol. The van der Waals surface area contributed by atoms with Gasteiger partial charge in [-0.15, -0.1) is 11.8 Å². The smallest absolute Gasteiger partial charge is 0.407 e. The summed E-state index contributed by atoms with van der Waals surface area (Å²) in [6, 6.07) is 21.2. The first-order valence-corrected chi connectivity index (χ1v) is 15.4. The van der Waals surface area contributed by atoms with Gasteiger partial charge in [-0.3, -0.25) is 9.59 Å². The molecule has 43 heavy (non-hydrogen) atoms. The quantitative estimate of drug-likeness (QED) is 0.307. The number of benzene rings is 3. The SMILES string of the molecule is Cc1ccc(C)c(COC(=O)NC(Cc2ccccc2)C(O)C(=O)N2CSC(C)(C)C2C(=O)NCc2ccccc2C)c1. The number of alkyl carbamates (subject to hydrolysis) is 1. The fraction of sp³-hybridized carbons (Fsp3) is 0.382. The highest BCUT2D eigenvalue weighted by atomic mass is 32.2. The number of rotatable bonds is 10. The van der Waals surface area contributed by atoms with Crippen molar-refractivity contribution in [2.75, 3.05) is 5.88 Å². The number of aryl methyl sites for hydroxylation is 3. The lowest BCUT2D eigenvalue weighted by atomic mass is 9.97. The van der Waals surface area contributed by atoms with Crippen molar-refractivity contribution in [1.29, 1.82) is 0 Å². The normalized spacial score (nSPS) is 17.2. The summed E-state index contributed by atoms with van der Waals surface area (Å²) in [6.45, 7) is 10.1. The molecule has 0 saturated carbocycles. The van der Waals surface area contributed by atoms with Gasteiger partial charge in [0, 0.05) is 11.3 Å². The van der Waals surface area contributed by atoms with Gasteiger partial charge in [0.15, 0.2) is 6.10 Å². The molecule has 1 fully saturated rings. The first-order valence-electron chi connectivity index (χ1n) is 14.4. The van der Waals surface area contributed by atoms with Crippen LogP contribution in [-0.2, 0) is 33.9 Å². The Morgan fingerprint density at radius 3 is 2.37 bits per heavy atom. The third kappa shape index (κ3) is 8.18. The summed E-state index contributed by atoms with van der Waals surface area (Å²) in [6.07, 6.45) is -2.15. The molecule has 0 spiro atoms. The molecule has 3 unspecified atom stereocenters.